The van der Waals surface area contributed by atoms with E-state index in [9.17, 15) is 0 Å². The molecule has 0 N–H and O–H groups in total. The Morgan fingerprint density at radius 3 is 0.833 bits per heavy atom. The SMILES string of the molecule is CC(=O)[O-].CN1CCCN(C)CCN(C)CCCN(C)CC1.[Fe+6].c1ccc([B-](c2ccccc2)(c2ccccc2)c2ccccc2)cc1. The summed E-state index contributed by atoms with van der Waals surface area (Å²) in [6.45, 7) is 10.6. The molecule has 4 aromatic carbocycles. The summed E-state index contributed by atoms with van der Waals surface area (Å²) in [6, 6.07) is 43.5. The maximum Gasteiger partial charge on any atom is 6.00 e. The van der Waals surface area contributed by atoms with Crippen molar-refractivity contribution in [3.63, 3.8) is 0 Å². The van der Waals surface area contributed by atoms with Gasteiger partial charge < -0.3 is 29.5 Å². The van der Waals surface area contributed by atoms with E-state index >= 15 is 0 Å². The topological polar surface area (TPSA) is 53.1 Å². The van der Waals surface area contributed by atoms with Crippen molar-refractivity contribution in [2.75, 3.05) is 80.5 Å². The monoisotopic (exact) mass is 690 g/mol. The number of nitrogens with zero attached hydrogens (tertiary/aromatic N) is 4. The summed E-state index contributed by atoms with van der Waals surface area (Å²) in [5, 5.41) is 8.89. The predicted octanol–water partition coefficient (Wildman–Crippen LogP) is 2.33. The Bertz CT molecular complexity index is 1190. The van der Waals surface area contributed by atoms with E-state index in [-0.39, 0.29) is 17.1 Å². The molecule has 6 nitrogen and oxygen atoms in total. The molecule has 1 saturated heterocycles. The zero-order valence-electron chi connectivity index (χ0n) is 29.7. The van der Waals surface area contributed by atoms with Crippen LogP contribution < -0.4 is 27.0 Å². The summed E-state index contributed by atoms with van der Waals surface area (Å²) in [7, 11) is 8.97. The van der Waals surface area contributed by atoms with Gasteiger partial charge in [0.05, 0.1) is 0 Å². The number of carbonyl (C=O) groups is 1. The number of rotatable bonds is 4. The minimum Gasteiger partial charge on any atom is -0.550 e. The number of aliphatic carboxylic acids is 1. The molecule has 5 rings (SSSR count). The molecule has 0 bridgehead atoms. The molecule has 1 aliphatic rings. The third-order valence-electron chi connectivity index (χ3n) is 9.08. The van der Waals surface area contributed by atoms with Gasteiger partial charge in [-0.15, -0.1) is 0 Å². The molecule has 0 atom stereocenters. The van der Waals surface area contributed by atoms with Gasteiger partial charge in [-0.1, -0.05) is 121 Å². The van der Waals surface area contributed by atoms with Gasteiger partial charge in [-0.2, -0.15) is 21.9 Å². The third kappa shape index (κ3) is 13.4. The van der Waals surface area contributed by atoms with E-state index in [4.69, 9.17) is 9.90 Å². The Morgan fingerprint density at radius 1 is 0.458 bits per heavy atom. The molecule has 0 amide bonds. The van der Waals surface area contributed by atoms with E-state index in [1.54, 1.807) is 0 Å². The number of hydrogen-bond acceptors (Lipinski definition) is 6. The molecule has 1 aliphatic heterocycles. The van der Waals surface area contributed by atoms with Crippen LogP contribution in [0.15, 0.2) is 121 Å². The molecule has 254 valence electrons. The Morgan fingerprint density at radius 2 is 0.646 bits per heavy atom. The minimum absolute atomic E-state index is 0. The van der Waals surface area contributed by atoms with Crippen LogP contribution in [0.25, 0.3) is 0 Å². The van der Waals surface area contributed by atoms with Gasteiger partial charge in [0.15, 0.2) is 0 Å². The quantitative estimate of drug-likeness (QED) is 0.307. The van der Waals surface area contributed by atoms with Crippen molar-refractivity contribution in [3.05, 3.63) is 121 Å². The van der Waals surface area contributed by atoms with Gasteiger partial charge in [0.1, 0.15) is 6.15 Å². The van der Waals surface area contributed by atoms with E-state index in [1.165, 1.54) is 87.1 Å². The number of benzene rings is 4. The van der Waals surface area contributed by atoms with Crippen molar-refractivity contribution in [2.24, 2.45) is 0 Å². The van der Waals surface area contributed by atoms with Gasteiger partial charge in [0.25, 0.3) is 0 Å². The summed E-state index contributed by atoms with van der Waals surface area (Å²) in [5.74, 6) is -1.08. The Hall–Kier alpha value is -3.23. The fourth-order valence-corrected chi connectivity index (χ4v) is 6.47. The van der Waals surface area contributed by atoms with Crippen molar-refractivity contribution in [1.82, 2.24) is 19.6 Å². The Balaban J connectivity index is 0.000000308. The zero-order chi connectivity index (χ0) is 33.9. The molecular formula is C40H55BFeN4O2+4. The number of hydrogen-bond donors (Lipinski definition) is 0. The van der Waals surface area contributed by atoms with Crippen LogP contribution >= 0.6 is 0 Å². The van der Waals surface area contributed by atoms with Crippen LogP contribution in [0.5, 0.6) is 0 Å². The molecule has 8 heteroatoms. The van der Waals surface area contributed by atoms with Crippen LogP contribution in [0.4, 0.5) is 0 Å². The average molecular weight is 691 g/mol. The summed E-state index contributed by atoms with van der Waals surface area (Å²) >= 11 is 0. The van der Waals surface area contributed by atoms with Crippen molar-refractivity contribution in [2.45, 2.75) is 19.8 Å². The summed E-state index contributed by atoms with van der Waals surface area (Å²) in [5.41, 5.74) is 5.36. The maximum atomic E-state index is 8.89. The first-order valence-electron chi connectivity index (χ1n) is 17.0. The van der Waals surface area contributed by atoms with Crippen LogP contribution in [-0.4, -0.2) is 112 Å². The van der Waals surface area contributed by atoms with E-state index in [0.717, 1.165) is 6.92 Å². The maximum absolute atomic E-state index is 8.89. The van der Waals surface area contributed by atoms with Crippen molar-refractivity contribution in [1.29, 1.82) is 0 Å². The molecule has 0 aromatic heterocycles. The number of likely N-dealkylation sites (N-methyl/N-ethyl adjacent to an activating group) is 4. The van der Waals surface area contributed by atoms with Gasteiger partial charge in [-0.05, 0) is 74.1 Å². The molecule has 1 heterocycles. The molecule has 0 aliphatic carbocycles. The molecular weight excluding hydrogens is 635 g/mol. The van der Waals surface area contributed by atoms with E-state index in [0.29, 0.717) is 0 Å². The zero-order valence-corrected chi connectivity index (χ0v) is 30.8. The largest absolute Gasteiger partial charge is 6.00 e. The van der Waals surface area contributed by atoms with Crippen molar-refractivity contribution < 1.29 is 27.0 Å². The fourth-order valence-electron chi connectivity index (χ4n) is 6.47. The third-order valence-corrected chi connectivity index (χ3v) is 9.08. The molecule has 1 fully saturated rings. The first-order chi connectivity index (χ1) is 22.7. The second kappa shape index (κ2) is 22.4. The molecule has 48 heavy (non-hydrogen) atoms. The van der Waals surface area contributed by atoms with Crippen LogP contribution in [0.2, 0.25) is 0 Å². The number of carboxylic acid groups (broad SMARTS) is 1. The first kappa shape index (κ1) is 40.9. The van der Waals surface area contributed by atoms with Gasteiger partial charge in [-0.25, -0.2) is 0 Å². The normalized spacial score (nSPS) is 16.1. The van der Waals surface area contributed by atoms with Crippen molar-refractivity contribution >= 4 is 34.0 Å². The van der Waals surface area contributed by atoms with Gasteiger partial charge in [0, 0.05) is 32.1 Å². The molecule has 0 spiro atoms. The van der Waals surface area contributed by atoms with Crippen LogP contribution in [0, 0.1) is 0 Å². The van der Waals surface area contributed by atoms with E-state index < -0.39 is 12.1 Å². The van der Waals surface area contributed by atoms with Gasteiger partial charge in [0.2, 0.25) is 0 Å². The predicted molar refractivity (Wildman–Crippen MR) is 200 cm³/mol. The first-order valence-corrected chi connectivity index (χ1v) is 17.0. The standard InChI is InChI=1S/C24H20B.C14H32N4.C2H4O2.Fe/c1-5-13-21(14-6-1)25(22-15-7-2-8-16-22,23-17-9-3-10-18-23)24-19-11-4-12-20-24;1-15-7-5-8-17(3)13-14-18(4)10-6-9-16(2)12-11-15;1-2(3)4;/h1-20H;5-14H2,1-4H3;1H3,(H,3,4);/q-1;;;+6/p-1. The second-order valence-electron chi connectivity index (χ2n) is 12.9. The number of carboxylic acids is 1. The molecule has 0 saturated carbocycles. The van der Waals surface area contributed by atoms with E-state index in [2.05, 4.69) is 169 Å². The summed E-state index contributed by atoms with van der Waals surface area (Å²) < 4.78 is 0. The minimum atomic E-state index is -1.22. The molecule has 0 unspecified atom stereocenters. The summed E-state index contributed by atoms with van der Waals surface area (Å²) in [6.07, 6.45) is 1.34. The Labute approximate surface area is 301 Å². The van der Waals surface area contributed by atoms with Crippen molar-refractivity contribution in [3.8, 4) is 0 Å². The second-order valence-corrected chi connectivity index (χ2v) is 12.9. The molecule has 0 radical (unpaired) electrons. The van der Waals surface area contributed by atoms with Gasteiger partial charge >= 0.3 is 17.1 Å². The molecule has 4 aromatic rings. The average Bonchev–Trinajstić information content (AvgIpc) is 3.08. The van der Waals surface area contributed by atoms with Gasteiger partial charge in [-0.3, -0.25) is 0 Å². The van der Waals surface area contributed by atoms with Crippen LogP contribution in [0.3, 0.4) is 0 Å². The smallest absolute Gasteiger partial charge is 0.550 e. The fraction of sp³-hybridized carbons (Fsp3) is 0.375. The number of carbonyl (C=O) groups excluding carboxylic acids is 1. The van der Waals surface area contributed by atoms with Crippen LogP contribution in [-0.2, 0) is 21.9 Å². The Kier molecular flexibility index (Phi) is 19.1. The summed E-state index contributed by atoms with van der Waals surface area (Å²) in [4.78, 5) is 18.7. The van der Waals surface area contributed by atoms with Crippen LogP contribution in [0.1, 0.15) is 19.8 Å². The van der Waals surface area contributed by atoms with E-state index in [1.807, 2.05) is 0 Å².